The fourth-order valence-corrected chi connectivity index (χ4v) is 3.00. The third-order valence-corrected chi connectivity index (χ3v) is 4.53. The number of hydrogen-bond donors (Lipinski definition) is 1. The average Bonchev–Trinajstić information content (AvgIpc) is 2.91. The van der Waals surface area contributed by atoms with Crippen molar-refractivity contribution in [2.75, 3.05) is 19.0 Å². The van der Waals surface area contributed by atoms with E-state index in [-0.39, 0.29) is 0 Å². The van der Waals surface area contributed by atoms with Crippen molar-refractivity contribution in [2.24, 2.45) is 0 Å². The number of para-hydroxylation sites is 1. The number of benzene rings is 2. The minimum Gasteiger partial charge on any atom is -0.378 e. The van der Waals surface area contributed by atoms with Crippen LogP contribution in [0.25, 0.3) is 5.69 Å². The molecule has 25 heavy (non-hydrogen) atoms. The van der Waals surface area contributed by atoms with Gasteiger partial charge in [-0.3, -0.25) is 0 Å². The van der Waals surface area contributed by atoms with Gasteiger partial charge in [0, 0.05) is 44.1 Å². The second-order valence-electron chi connectivity index (χ2n) is 6.56. The van der Waals surface area contributed by atoms with Gasteiger partial charge in [-0.1, -0.05) is 30.3 Å². The van der Waals surface area contributed by atoms with Crippen LogP contribution in [0.4, 0.5) is 5.69 Å². The zero-order valence-corrected chi connectivity index (χ0v) is 15.5. The number of nitrogens with zero attached hydrogens (tertiary/aromatic N) is 3. The summed E-state index contributed by atoms with van der Waals surface area (Å²) in [5.74, 6) is 0. The SMILES string of the molecule is Cc1nn(-c2ccccc2)c(C)c1CNCc1ccc(N(C)C)cc1. The maximum absolute atomic E-state index is 4.71. The lowest BCUT2D eigenvalue weighted by Crippen LogP contribution is -2.14. The van der Waals surface area contributed by atoms with E-state index in [4.69, 9.17) is 5.10 Å². The quantitative estimate of drug-likeness (QED) is 0.743. The number of rotatable bonds is 6. The minimum atomic E-state index is 0.819. The predicted molar refractivity (Wildman–Crippen MR) is 104 cm³/mol. The number of nitrogens with one attached hydrogen (secondary N) is 1. The van der Waals surface area contributed by atoms with Crippen LogP contribution in [0.2, 0.25) is 0 Å². The van der Waals surface area contributed by atoms with Crippen LogP contribution >= 0.6 is 0 Å². The summed E-state index contributed by atoms with van der Waals surface area (Å²) in [5.41, 5.74) is 7.16. The Kier molecular flexibility index (Phi) is 5.19. The lowest BCUT2D eigenvalue weighted by molar-refractivity contribution is 0.687. The van der Waals surface area contributed by atoms with E-state index in [0.29, 0.717) is 0 Å². The molecule has 1 aromatic heterocycles. The van der Waals surface area contributed by atoms with Gasteiger partial charge in [0.25, 0.3) is 0 Å². The van der Waals surface area contributed by atoms with Crippen molar-refractivity contribution < 1.29 is 0 Å². The summed E-state index contributed by atoms with van der Waals surface area (Å²) in [7, 11) is 4.12. The lowest BCUT2D eigenvalue weighted by atomic mass is 10.1. The molecule has 3 aromatic rings. The second kappa shape index (κ2) is 7.53. The average molecular weight is 334 g/mol. The van der Waals surface area contributed by atoms with E-state index < -0.39 is 0 Å². The molecule has 3 rings (SSSR count). The van der Waals surface area contributed by atoms with Gasteiger partial charge < -0.3 is 10.2 Å². The Morgan fingerprint density at radius 2 is 1.60 bits per heavy atom. The lowest BCUT2D eigenvalue weighted by Gasteiger charge is -2.13. The van der Waals surface area contributed by atoms with Crippen LogP contribution in [-0.2, 0) is 13.1 Å². The van der Waals surface area contributed by atoms with Crippen LogP contribution in [0.3, 0.4) is 0 Å². The molecule has 0 saturated carbocycles. The molecule has 0 atom stereocenters. The monoisotopic (exact) mass is 334 g/mol. The minimum absolute atomic E-state index is 0.819. The van der Waals surface area contributed by atoms with Crippen LogP contribution in [0.1, 0.15) is 22.5 Å². The van der Waals surface area contributed by atoms with Crippen molar-refractivity contribution in [2.45, 2.75) is 26.9 Å². The summed E-state index contributed by atoms with van der Waals surface area (Å²) in [6, 6.07) is 18.9. The van der Waals surface area contributed by atoms with E-state index in [2.05, 4.69) is 74.6 Å². The molecule has 130 valence electrons. The molecule has 0 aliphatic heterocycles. The standard InChI is InChI=1S/C21H26N4/c1-16-21(17(2)25(23-16)20-8-6-5-7-9-20)15-22-14-18-10-12-19(13-11-18)24(3)4/h5-13,22H,14-15H2,1-4H3. The molecular formula is C21H26N4. The summed E-state index contributed by atoms with van der Waals surface area (Å²) >= 11 is 0. The van der Waals surface area contributed by atoms with Crippen LogP contribution < -0.4 is 10.2 Å². The molecule has 0 aliphatic carbocycles. The number of aromatic nitrogens is 2. The second-order valence-corrected chi connectivity index (χ2v) is 6.56. The van der Waals surface area contributed by atoms with Crippen LogP contribution in [0.15, 0.2) is 54.6 Å². The van der Waals surface area contributed by atoms with Gasteiger partial charge in [-0.25, -0.2) is 4.68 Å². The first-order valence-electron chi connectivity index (χ1n) is 8.64. The maximum Gasteiger partial charge on any atom is 0.0648 e. The Morgan fingerprint density at radius 3 is 2.24 bits per heavy atom. The Bertz CT molecular complexity index is 817. The summed E-state index contributed by atoms with van der Waals surface area (Å²) < 4.78 is 2.03. The van der Waals surface area contributed by atoms with Gasteiger partial charge in [-0.2, -0.15) is 5.10 Å². The Hall–Kier alpha value is -2.59. The molecule has 4 heteroatoms. The molecule has 0 bridgehead atoms. The molecule has 0 aliphatic rings. The highest BCUT2D eigenvalue weighted by molar-refractivity contribution is 5.46. The van der Waals surface area contributed by atoms with Crippen molar-refractivity contribution in [1.82, 2.24) is 15.1 Å². The van der Waals surface area contributed by atoms with Crippen LogP contribution in [0.5, 0.6) is 0 Å². The third kappa shape index (κ3) is 3.91. The van der Waals surface area contributed by atoms with E-state index in [0.717, 1.165) is 24.5 Å². The van der Waals surface area contributed by atoms with Gasteiger partial charge >= 0.3 is 0 Å². The van der Waals surface area contributed by atoms with Crippen molar-refractivity contribution in [3.8, 4) is 5.69 Å². The van der Waals surface area contributed by atoms with Gasteiger partial charge in [0.15, 0.2) is 0 Å². The molecule has 0 spiro atoms. The maximum atomic E-state index is 4.71. The summed E-state index contributed by atoms with van der Waals surface area (Å²) in [6.45, 7) is 5.88. The molecule has 0 amide bonds. The molecule has 0 fully saturated rings. The molecule has 0 saturated heterocycles. The van der Waals surface area contributed by atoms with Crippen molar-refractivity contribution in [1.29, 1.82) is 0 Å². The smallest absolute Gasteiger partial charge is 0.0648 e. The van der Waals surface area contributed by atoms with Crippen molar-refractivity contribution in [3.63, 3.8) is 0 Å². The topological polar surface area (TPSA) is 33.1 Å². The highest BCUT2D eigenvalue weighted by Crippen LogP contribution is 2.18. The number of aryl methyl sites for hydroxylation is 1. The molecule has 4 nitrogen and oxygen atoms in total. The van der Waals surface area contributed by atoms with E-state index in [1.54, 1.807) is 0 Å². The van der Waals surface area contributed by atoms with Crippen molar-refractivity contribution >= 4 is 5.69 Å². The third-order valence-electron chi connectivity index (χ3n) is 4.53. The Labute approximate surface area is 150 Å². The van der Waals surface area contributed by atoms with Gasteiger partial charge in [-0.15, -0.1) is 0 Å². The zero-order valence-electron chi connectivity index (χ0n) is 15.5. The fraction of sp³-hybridized carbons (Fsp3) is 0.286. The van der Waals surface area contributed by atoms with Gasteiger partial charge in [0.1, 0.15) is 0 Å². The first kappa shape index (κ1) is 17.2. The molecule has 2 aromatic carbocycles. The fourth-order valence-electron chi connectivity index (χ4n) is 3.00. The first-order valence-corrected chi connectivity index (χ1v) is 8.64. The van der Waals surface area contributed by atoms with E-state index in [1.807, 2.05) is 22.9 Å². The van der Waals surface area contributed by atoms with Crippen molar-refractivity contribution in [3.05, 3.63) is 77.1 Å². The summed E-state index contributed by atoms with van der Waals surface area (Å²) in [6.07, 6.45) is 0. The van der Waals surface area contributed by atoms with E-state index >= 15 is 0 Å². The Balaban J connectivity index is 1.66. The van der Waals surface area contributed by atoms with E-state index in [9.17, 15) is 0 Å². The molecule has 0 radical (unpaired) electrons. The number of hydrogen-bond acceptors (Lipinski definition) is 3. The van der Waals surface area contributed by atoms with Crippen LogP contribution in [-0.4, -0.2) is 23.9 Å². The molecule has 1 N–H and O–H groups in total. The predicted octanol–water partition coefficient (Wildman–Crippen LogP) is 3.84. The highest BCUT2D eigenvalue weighted by Gasteiger charge is 2.12. The largest absolute Gasteiger partial charge is 0.378 e. The number of anilines is 1. The van der Waals surface area contributed by atoms with Gasteiger partial charge in [0.2, 0.25) is 0 Å². The zero-order chi connectivity index (χ0) is 17.8. The Morgan fingerprint density at radius 1 is 0.920 bits per heavy atom. The highest BCUT2D eigenvalue weighted by atomic mass is 15.3. The molecular weight excluding hydrogens is 308 g/mol. The molecule has 1 heterocycles. The van der Waals surface area contributed by atoms with Gasteiger partial charge in [-0.05, 0) is 43.7 Å². The van der Waals surface area contributed by atoms with Gasteiger partial charge in [0.05, 0.1) is 11.4 Å². The van der Waals surface area contributed by atoms with E-state index in [1.165, 1.54) is 22.5 Å². The molecule has 0 unspecified atom stereocenters. The summed E-state index contributed by atoms with van der Waals surface area (Å²) in [5, 5.41) is 8.25. The van der Waals surface area contributed by atoms with Crippen LogP contribution in [0, 0.1) is 13.8 Å². The normalized spacial score (nSPS) is 10.9. The first-order chi connectivity index (χ1) is 12.1. The summed E-state index contributed by atoms with van der Waals surface area (Å²) in [4.78, 5) is 2.11.